The number of carbonyl (C=O) groups excluding carboxylic acids is 1. The first kappa shape index (κ1) is 12.4. The van der Waals surface area contributed by atoms with Crippen LogP contribution in [0, 0.1) is 0 Å². The minimum Gasteiger partial charge on any atom is -0.321 e. The predicted octanol–water partition coefficient (Wildman–Crippen LogP) is 4.78. The van der Waals surface area contributed by atoms with Crippen LogP contribution < -0.4 is 5.32 Å². The molecule has 19 heavy (non-hydrogen) atoms. The zero-order chi connectivity index (χ0) is 13.2. The molecule has 2 nitrogen and oxygen atoms in total. The Morgan fingerprint density at radius 1 is 1.16 bits per heavy atom. The first-order chi connectivity index (χ1) is 9.26. The number of fused-ring (bicyclic) bond motifs is 1. The molecule has 1 N–H and O–H groups in total. The predicted molar refractivity (Wildman–Crippen MR) is 83.5 cm³/mol. The largest absolute Gasteiger partial charge is 0.321 e. The van der Waals surface area contributed by atoms with Gasteiger partial charge < -0.3 is 5.32 Å². The Kier molecular flexibility index (Phi) is 3.36. The standard InChI is InChI=1S/C15H13NOS2/c1-2-12-8-10-9-13(19-15(10)18-12)14(17)16-11-6-4-3-5-7-11/h3-9H,2H2,1H3,(H,16,17). The highest BCUT2D eigenvalue weighted by Gasteiger charge is 2.12. The van der Waals surface area contributed by atoms with Crippen molar-refractivity contribution in [2.75, 3.05) is 5.32 Å². The van der Waals surface area contributed by atoms with Gasteiger partial charge >= 0.3 is 0 Å². The fourth-order valence-electron chi connectivity index (χ4n) is 1.89. The van der Waals surface area contributed by atoms with E-state index in [4.69, 9.17) is 0 Å². The van der Waals surface area contributed by atoms with E-state index < -0.39 is 0 Å². The number of aryl methyl sites for hydroxylation is 1. The lowest BCUT2D eigenvalue weighted by molar-refractivity contribution is 0.103. The van der Waals surface area contributed by atoms with Crippen LogP contribution in [0.2, 0.25) is 0 Å². The summed E-state index contributed by atoms with van der Waals surface area (Å²) >= 11 is 3.35. The molecule has 0 saturated heterocycles. The minimum absolute atomic E-state index is 0.0300. The fraction of sp³-hybridized carbons (Fsp3) is 0.133. The Hall–Kier alpha value is -1.65. The lowest BCUT2D eigenvalue weighted by Gasteiger charge is -2.01. The Morgan fingerprint density at radius 2 is 1.95 bits per heavy atom. The maximum Gasteiger partial charge on any atom is 0.265 e. The van der Waals surface area contributed by atoms with Gasteiger partial charge in [0.1, 0.15) is 0 Å². The molecule has 0 unspecified atom stereocenters. The van der Waals surface area contributed by atoms with E-state index in [1.807, 2.05) is 36.4 Å². The Balaban J connectivity index is 1.83. The maximum atomic E-state index is 12.1. The molecule has 2 heterocycles. The third kappa shape index (κ3) is 2.55. The van der Waals surface area contributed by atoms with Gasteiger partial charge in [0.2, 0.25) is 0 Å². The number of amides is 1. The second-order valence-electron chi connectivity index (χ2n) is 4.24. The van der Waals surface area contributed by atoms with E-state index in [1.165, 1.54) is 14.3 Å². The van der Waals surface area contributed by atoms with Gasteiger partial charge in [-0.2, -0.15) is 0 Å². The molecule has 0 fully saturated rings. The summed E-state index contributed by atoms with van der Waals surface area (Å²) in [6.45, 7) is 2.15. The molecule has 0 aliphatic heterocycles. The summed E-state index contributed by atoms with van der Waals surface area (Å²) in [6, 6.07) is 13.7. The van der Waals surface area contributed by atoms with E-state index >= 15 is 0 Å². The molecule has 0 radical (unpaired) electrons. The second-order valence-corrected chi connectivity index (χ2v) is 6.69. The zero-order valence-electron chi connectivity index (χ0n) is 10.5. The highest BCUT2D eigenvalue weighted by Crippen LogP contribution is 2.34. The third-order valence-corrected chi connectivity index (χ3v) is 5.40. The normalized spacial score (nSPS) is 10.8. The molecule has 3 rings (SSSR count). The SMILES string of the molecule is CCc1cc2cc(C(=O)Nc3ccccc3)sc2s1. The molecular formula is C15H13NOS2. The van der Waals surface area contributed by atoms with Crippen molar-refractivity contribution in [2.24, 2.45) is 0 Å². The molecule has 0 atom stereocenters. The van der Waals surface area contributed by atoms with Crippen molar-refractivity contribution in [2.45, 2.75) is 13.3 Å². The number of anilines is 1. The van der Waals surface area contributed by atoms with E-state index in [0.717, 1.165) is 17.0 Å². The lowest BCUT2D eigenvalue weighted by atomic mass is 10.3. The van der Waals surface area contributed by atoms with Crippen molar-refractivity contribution in [1.29, 1.82) is 0 Å². The Bertz CT molecular complexity index is 681. The number of nitrogens with one attached hydrogen (secondary N) is 1. The van der Waals surface area contributed by atoms with Gasteiger partial charge in [-0.05, 0) is 30.7 Å². The van der Waals surface area contributed by atoms with Crippen LogP contribution in [0.15, 0.2) is 42.5 Å². The topological polar surface area (TPSA) is 29.1 Å². The van der Waals surface area contributed by atoms with E-state index in [0.29, 0.717) is 0 Å². The number of hydrogen-bond acceptors (Lipinski definition) is 3. The van der Waals surface area contributed by atoms with Crippen LogP contribution in [0.3, 0.4) is 0 Å². The molecule has 0 saturated carbocycles. The summed E-state index contributed by atoms with van der Waals surface area (Å²) in [5.41, 5.74) is 0.832. The van der Waals surface area contributed by atoms with Crippen LogP contribution in [0.4, 0.5) is 5.69 Å². The van der Waals surface area contributed by atoms with Crippen molar-refractivity contribution in [3.05, 3.63) is 52.2 Å². The van der Waals surface area contributed by atoms with Gasteiger partial charge in [-0.3, -0.25) is 4.79 Å². The van der Waals surface area contributed by atoms with E-state index in [1.54, 1.807) is 22.7 Å². The quantitative estimate of drug-likeness (QED) is 0.738. The first-order valence-electron chi connectivity index (χ1n) is 6.15. The van der Waals surface area contributed by atoms with Gasteiger partial charge in [0.05, 0.1) is 8.89 Å². The molecule has 0 spiro atoms. The van der Waals surface area contributed by atoms with Crippen molar-refractivity contribution >= 4 is 43.7 Å². The summed E-state index contributed by atoms with van der Waals surface area (Å²) < 4.78 is 1.23. The number of rotatable bonds is 3. The van der Waals surface area contributed by atoms with Gasteiger partial charge in [-0.15, -0.1) is 22.7 Å². The number of thiophene rings is 2. The molecule has 3 aromatic rings. The Labute approximate surface area is 119 Å². The fourth-order valence-corrected chi connectivity index (χ4v) is 4.22. The van der Waals surface area contributed by atoms with E-state index in [-0.39, 0.29) is 5.91 Å². The maximum absolute atomic E-state index is 12.1. The van der Waals surface area contributed by atoms with Crippen LogP contribution >= 0.6 is 22.7 Å². The van der Waals surface area contributed by atoms with E-state index in [9.17, 15) is 4.79 Å². The van der Waals surface area contributed by atoms with E-state index in [2.05, 4.69) is 18.3 Å². The summed E-state index contributed by atoms with van der Waals surface area (Å²) in [5.74, 6) is -0.0300. The number of benzene rings is 1. The summed E-state index contributed by atoms with van der Waals surface area (Å²) in [7, 11) is 0. The van der Waals surface area contributed by atoms with Crippen molar-refractivity contribution in [1.82, 2.24) is 0 Å². The number of hydrogen-bond donors (Lipinski definition) is 1. The second kappa shape index (κ2) is 5.15. The third-order valence-electron chi connectivity index (χ3n) is 2.87. The molecule has 0 bridgehead atoms. The summed E-state index contributed by atoms with van der Waals surface area (Å²) in [6.07, 6.45) is 1.05. The molecule has 1 aromatic carbocycles. The molecular weight excluding hydrogens is 274 g/mol. The molecule has 4 heteroatoms. The minimum atomic E-state index is -0.0300. The smallest absolute Gasteiger partial charge is 0.265 e. The van der Waals surface area contributed by atoms with Crippen LogP contribution in [0.5, 0.6) is 0 Å². The summed E-state index contributed by atoms with van der Waals surface area (Å²) in [4.78, 5) is 14.3. The van der Waals surface area contributed by atoms with Gasteiger partial charge in [0.15, 0.2) is 0 Å². The number of carbonyl (C=O) groups is 1. The van der Waals surface area contributed by atoms with Gasteiger partial charge in [0.25, 0.3) is 5.91 Å². The molecule has 0 aliphatic rings. The van der Waals surface area contributed by atoms with Crippen LogP contribution in [-0.2, 0) is 6.42 Å². The first-order valence-corrected chi connectivity index (χ1v) is 7.78. The lowest BCUT2D eigenvalue weighted by Crippen LogP contribution is -2.09. The van der Waals surface area contributed by atoms with Crippen molar-refractivity contribution in [3.8, 4) is 0 Å². The highest BCUT2D eigenvalue weighted by molar-refractivity contribution is 7.39. The average Bonchev–Trinajstić information content (AvgIpc) is 2.97. The molecule has 0 aliphatic carbocycles. The summed E-state index contributed by atoms with van der Waals surface area (Å²) in [5, 5.41) is 4.10. The van der Waals surface area contributed by atoms with Gasteiger partial charge in [0, 0.05) is 16.0 Å². The average molecular weight is 287 g/mol. The Morgan fingerprint density at radius 3 is 2.63 bits per heavy atom. The monoisotopic (exact) mass is 287 g/mol. The van der Waals surface area contributed by atoms with Crippen molar-refractivity contribution < 1.29 is 4.79 Å². The van der Waals surface area contributed by atoms with Gasteiger partial charge in [-0.25, -0.2) is 0 Å². The highest BCUT2D eigenvalue weighted by atomic mass is 32.2. The van der Waals surface area contributed by atoms with Crippen LogP contribution in [0.1, 0.15) is 21.5 Å². The molecule has 2 aromatic heterocycles. The van der Waals surface area contributed by atoms with Crippen LogP contribution in [0.25, 0.3) is 9.40 Å². The zero-order valence-corrected chi connectivity index (χ0v) is 12.1. The number of para-hydroxylation sites is 1. The molecule has 96 valence electrons. The van der Waals surface area contributed by atoms with Gasteiger partial charge in [-0.1, -0.05) is 25.1 Å². The van der Waals surface area contributed by atoms with Crippen molar-refractivity contribution in [3.63, 3.8) is 0 Å². The van der Waals surface area contributed by atoms with Crippen LogP contribution in [-0.4, -0.2) is 5.91 Å². The molecule has 1 amide bonds.